The van der Waals surface area contributed by atoms with Crippen LogP contribution >= 0.6 is 11.8 Å². The van der Waals surface area contributed by atoms with Crippen molar-refractivity contribution in [2.24, 2.45) is 0 Å². The third-order valence-electron chi connectivity index (χ3n) is 4.48. The first-order chi connectivity index (χ1) is 13.9. The Morgan fingerprint density at radius 2 is 1.41 bits per heavy atom. The highest BCUT2D eigenvalue weighted by molar-refractivity contribution is 8.15. The summed E-state index contributed by atoms with van der Waals surface area (Å²) in [4.78, 5) is 12.2. The smallest absolute Gasteiger partial charge is 0.261 e. The second-order valence-electron chi connectivity index (χ2n) is 6.74. The third kappa shape index (κ3) is 6.21. The van der Waals surface area contributed by atoms with Crippen LogP contribution in [0.25, 0.3) is 11.1 Å². The zero-order chi connectivity index (χ0) is 20.7. The Bertz CT molecular complexity index is 1030. The van der Waals surface area contributed by atoms with E-state index in [4.69, 9.17) is 0 Å². The van der Waals surface area contributed by atoms with E-state index in [0.717, 1.165) is 24.6 Å². The van der Waals surface area contributed by atoms with E-state index in [2.05, 4.69) is 41.1 Å². The molecule has 3 aromatic rings. The van der Waals surface area contributed by atoms with Crippen molar-refractivity contribution in [2.75, 3.05) is 0 Å². The molecule has 0 saturated heterocycles. The van der Waals surface area contributed by atoms with Crippen LogP contribution < -0.4 is 4.72 Å². The van der Waals surface area contributed by atoms with Crippen LogP contribution in [-0.4, -0.2) is 18.9 Å². The van der Waals surface area contributed by atoms with Crippen LogP contribution in [-0.2, 0) is 16.4 Å². The molecule has 0 aliphatic rings. The molecule has 1 atom stereocenters. The van der Waals surface area contributed by atoms with Crippen LogP contribution in [0.4, 0.5) is 4.79 Å². The molecule has 6 heteroatoms. The predicted octanol–water partition coefficient (Wildman–Crippen LogP) is 5.51. The fourth-order valence-corrected chi connectivity index (χ4v) is 4.87. The molecule has 4 nitrogen and oxygen atoms in total. The number of rotatable bonds is 7. The number of amides is 1. The summed E-state index contributed by atoms with van der Waals surface area (Å²) >= 11 is 1.01. The third-order valence-corrected chi connectivity index (χ3v) is 6.91. The maximum Gasteiger partial charge on any atom is 0.293 e. The Morgan fingerprint density at radius 1 is 0.862 bits per heavy atom. The van der Waals surface area contributed by atoms with Crippen LogP contribution in [0.2, 0.25) is 0 Å². The Labute approximate surface area is 176 Å². The van der Waals surface area contributed by atoms with Gasteiger partial charge in [0.05, 0.1) is 4.90 Å². The number of aryl methyl sites for hydroxylation is 1. The monoisotopic (exact) mass is 425 g/mol. The van der Waals surface area contributed by atoms with Crippen LogP contribution in [0.3, 0.4) is 0 Å². The molecule has 1 N–H and O–H groups in total. The topological polar surface area (TPSA) is 63.2 Å². The highest BCUT2D eigenvalue weighted by Crippen LogP contribution is 2.22. The first-order valence-electron chi connectivity index (χ1n) is 9.37. The Hall–Kier alpha value is -2.57. The first kappa shape index (κ1) is 21.1. The van der Waals surface area contributed by atoms with Gasteiger partial charge in [-0.25, -0.2) is 13.1 Å². The number of carbonyl (C=O) groups is 1. The van der Waals surface area contributed by atoms with E-state index in [9.17, 15) is 13.2 Å². The number of hydrogen-bond acceptors (Lipinski definition) is 4. The van der Waals surface area contributed by atoms with Gasteiger partial charge in [-0.3, -0.25) is 4.79 Å². The van der Waals surface area contributed by atoms with Crippen molar-refractivity contribution < 1.29 is 13.2 Å². The zero-order valence-electron chi connectivity index (χ0n) is 16.1. The van der Waals surface area contributed by atoms with Gasteiger partial charge in [0.15, 0.2) is 0 Å². The molecule has 3 aromatic carbocycles. The number of benzene rings is 3. The number of thioether (sulfide) groups is 1. The Kier molecular flexibility index (Phi) is 7.12. The van der Waals surface area contributed by atoms with Gasteiger partial charge in [-0.15, -0.1) is 0 Å². The van der Waals surface area contributed by atoms with E-state index in [1.807, 2.05) is 25.1 Å². The lowest BCUT2D eigenvalue weighted by molar-refractivity contribution is 0.264. The second-order valence-corrected chi connectivity index (χ2v) is 9.83. The van der Waals surface area contributed by atoms with E-state index in [1.54, 1.807) is 18.2 Å². The summed E-state index contributed by atoms with van der Waals surface area (Å²) in [6, 6.07) is 26.5. The van der Waals surface area contributed by atoms with E-state index in [-0.39, 0.29) is 10.1 Å². The van der Waals surface area contributed by atoms with E-state index >= 15 is 0 Å². The highest BCUT2D eigenvalue weighted by atomic mass is 32.2. The van der Waals surface area contributed by atoms with Crippen molar-refractivity contribution in [2.45, 2.75) is 29.9 Å². The summed E-state index contributed by atoms with van der Waals surface area (Å²) in [5, 5.41) is -0.560. The molecule has 1 unspecified atom stereocenters. The molecule has 0 fully saturated rings. The van der Waals surface area contributed by atoms with Crippen molar-refractivity contribution in [3.8, 4) is 11.1 Å². The zero-order valence-corrected chi connectivity index (χ0v) is 17.7. The number of carbonyl (C=O) groups excluding carboxylic acids is 1. The van der Waals surface area contributed by atoms with Crippen LogP contribution in [0.1, 0.15) is 18.9 Å². The molecule has 0 aromatic heterocycles. The normalized spacial score (nSPS) is 12.3. The molecule has 0 saturated carbocycles. The Morgan fingerprint density at radius 3 is 2.03 bits per heavy atom. The number of hydrogen-bond donors (Lipinski definition) is 1. The standard InChI is InChI=1S/C23H23NO3S2/c1-18(28-23(25)24-29(26,27)22-10-6-3-7-11-22)12-13-19-14-16-21(17-15-19)20-8-4-2-5-9-20/h2-11,14-18H,12-13H2,1H3,(H,24,25). The lowest BCUT2D eigenvalue weighted by Gasteiger charge is -2.12. The summed E-state index contributed by atoms with van der Waals surface area (Å²) in [5.74, 6) is 0. The van der Waals surface area contributed by atoms with Crippen molar-refractivity contribution in [1.29, 1.82) is 0 Å². The van der Waals surface area contributed by atoms with E-state index < -0.39 is 15.3 Å². The van der Waals surface area contributed by atoms with Gasteiger partial charge in [-0.2, -0.15) is 0 Å². The van der Waals surface area contributed by atoms with Crippen molar-refractivity contribution in [3.05, 3.63) is 90.5 Å². The minimum atomic E-state index is -3.82. The molecule has 150 valence electrons. The van der Waals surface area contributed by atoms with Gasteiger partial charge in [-0.1, -0.05) is 91.5 Å². The van der Waals surface area contributed by atoms with Gasteiger partial charge in [0.25, 0.3) is 15.3 Å². The quantitative estimate of drug-likeness (QED) is 0.542. The average Bonchev–Trinajstić information content (AvgIpc) is 2.73. The van der Waals surface area contributed by atoms with Crippen molar-refractivity contribution in [1.82, 2.24) is 4.72 Å². The fourth-order valence-electron chi connectivity index (χ4n) is 2.90. The summed E-state index contributed by atoms with van der Waals surface area (Å²) in [6.07, 6.45) is 1.59. The lowest BCUT2D eigenvalue weighted by atomic mass is 10.0. The lowest BCUT2D eigenvalue weighted by Crippen LogP contribution is -2.28. The molecule has 0 radical (unpaired) electrons. The summed E-state index contributed by atoms with van der Waals surface area (Å²) < 4.78 is 26.5. The Balaban J connectivity index is 1.49. The molecular formula is C23H23NO3S2. The number of sulfonamides is 1. The van der Waals surface area contributed by atoms with Gasteiger partial charge in [0, 0.05) is 5.25 Å². The van der Waals surface area contributed by atoms with Crippen molar-refractivity contribution >= 4 is 27.0 Å². The maximum absolute atomic E-state index is 12.2. The number of nitrogens with one attached hydrogen (secondary N) is 1. The van der Waals surface area contributed by atoms with Crippen LogP contribution in [0.5, 0.6) is 0 Å². The van der Waals surface area contributed by atoms with Gasteiger partial charge in [-0.05, 0) is 41.7 Å². The van der Waals surface area contributed by atoms with E-state index in [0.29, 0.717) is 0 Å². The molecule has 0 heterocycles. The molecule has 0 spiro atoms. The molecule has 0 bridgehead atoms. The highest BCUT2D eigenvalue weighted by Gasteiger charge is 2.19. The molecule has 3 rings (SSSR count). The minimum Gasteiger partial charge on any atom is -0.261 e. The molecule has 1 amide bonds. The van der Waals surface area contributed by atoms with Gasteiger partial charge < -0.3 is 0 Å². The van der Waals surface area contributed by atoms with Crippen LogP contribution in [0.15, 0.2) is 89.8 Å². The van der Waals surface area contributed by atoms with Crippen LogP contribution in [0, 0.1) is 0 Å². The molecule has 0 aliphatic heterocycles. The van der Waals surface area contributed by atoms with E-state index in [1.165, 1.54) is 28.8 Å². The van der Waals surface area contributed by atoms with Crippen molar-refractivity contribution in [3.63, 3.8) is 0 Å². The SMILES string of the molecule is CC(CCc1ccc(-c2ccccc2)cc1)SC(=O)NS(=O)(=O)c1ccccc1. The maximum atomic E-state index is 12.2. The largest absolute Gasteiger partial charge is 0.293 e. The second kappa shape index (κ2) is 9.76. The molecule has 29 heavy (non-hydrogen) atoms. The fraction of sp³-hybridized carbons (Fsp3) is 0.174. The summed E-state index contributed by atoms with van der Waals surface area (Å²) in [5.41, 5.74) is 3.54. The molecular weight excluding hydrogens is 402 g/mol. The first-order valence-corrected chi connectivity index (χ1v) is 11.7. The van der Waals surface area contributed by atoms with Gasteiger partial charge in [0.2, 0.25) is 0 Å². The summed E-state index contributed by atoms with van der Waals surface area (Å²) in [6.45, 7) is 1.93. The van der Waals surface area contributed by atoms with Gasteiger partial charge in [0.1, 0.15) is 0 Å². The minimum absolute atomic E-state index is 0.00484. The summed E-state index contributed by atoms with van der Waals surface area (Å²) in [7, 11) is -3.82. The predicted molar refractivity (Wildman–Crippen MR) is 119 cm³/mol. The average molecular weight is 426 g/mol. The van der Waals surface area contributed by atoms with Gasteiger partial charge >= 0.3 is 0 Å². The molecule has 0 aliphatic carbocycles.